The number of H-pyrrole nitrogens is 1. The number of aromatic nitrogens is 8. The summed E-state index contributed by atoms with van der Waals surface area (Å²) in [5.41, 5.74) is 23.6. The number of aliphatic imine (C=N–C) groups is 2. The van der Waals surface area contributed by atoms with Crippen LogP contribution < -0.4 is 33.2 Å². The number of Topliss-reactive ketones (excluding diaryl/α,β-unsaturated/α-hetero) is 1. The Labute approximate surface area is 748 Å². The number of ketones is 1. The number of aliphatic hydroxyl groups excluding tert-OH is 1. The molecule has 7 atom stereocenters. The first-order valence-corrected chi connectivity index (χ1v) is 41.8. The van der Waals surface area contributed by atoms with Crippen molar-refractivity contribution in [2.75, 3.05) is 35.6 Å². The third-order valence-electron chi connectivity index (χ3n) is 23.0. The van der Waals surface area contributed by atoms with Gasteiger partial charge in [0.15, 0.2) is 46.1 Å². The number of carbonyl (C=O) groups is 10. The van der Waals surface area contributed by atoms with Crippen molar-refractivity contribution in [2.24, 2.45) is 27.2 Å². The summed E-state index contributed by atoms with van der Waals surface area (Å²) in [6.45, 7) is 2.75. The summed E-state index contributed by atoms with van der Waals surface area (Å²) in [5, 5.41) is 32.0. The van der Waals surface area contributed by atoms with Crippen LogP contribution in [0.25, 0.3) is 77.1 Å². The summed E-state index contributed by atoms with van der Waals surface area (Å²) < 4.78 is 95.0. The first-order valence-electron chi connectivity index (χ1n) is 40.7. The van der Waals surface area contributed by atoms with Crippen molar-refractivity contribution < 1.29 is 79.4 Å². The molecule has 0 spiro atoms. The van der Waals surface area contributed by atoms with Crippen molar-refractivity contribution in [3.63, 3.8) is 0 Å². The van der Waals surface area contributed by atoms with Crippen molar-refractivity contribution in [3.8, 4) is 33.4 Å². The minimum Gasteiger partial charge on any atom is -0.387 e. The lowest BCUT2D eigenvalue weighted by Gasteiger charge is -2.24. The van der Waals surface area contributed by atoms with Gasteiger partial charge in [-0.1, -0.05) is 156 Å². The van der Waals surface area contributed by atoms with Gasteiger partial charge in [0, 0.05) is 94.3 Å². The molecule has 18 rings (SSSR count). The van der Waals surface area contributed by atoms with E-state index in [1.165, 1.54) is 63.4 Å². The highest BCUT2D eigenvalue weighted by Crippen LogP contribution is 2.46. The lowest BCUT2D eigenvalue weighted by atomic mass is 9.99. The number of fused-ring (bicyclic) bond motifs is 6. The second kappa shape index (κ2) is 36.3. The zero-order chi connectivity index (χ0) is 92.3. The Hall–Kier alpha value is -14.5. The minimum absolute atomic E-state index is 0.00162. The number of rotatable bonds is 20. The van der Waals surface area contributed by atoms with Gasteiger partial charge in [0.05, 0.1) is 97.0 Å². The quantitative estimate of drug-likeness (QED) is 0.0260. The molecule has 9 aromatic carbocycles. The Kier molecular flexibility index (Phi) is 24.9. The third kappa shape index (κ3) is 17.4. The predicted octanol–water partition coefficient (Wildman–Crippen LogP) is 13.3. The monoisotopic (exact) mass is 1830 g/mol. The van der Waals surface area contributed by atoms with E-state index in [0.29, 0.717) is 84.3 Å². The van der Waals surface area contributed by atoms with Crippen LogP contribution in [0.2, 0.25) is 15.1 Å². The molecule has 664 valence electrons. The van der Waals surface area contributed by atoms with Crippen molar-refractivity contribution in [1.82, 2.24) is 54.0 Å². The number of aliphatic hydroxyl groups is 1. The van der Waals surface area contributed by atoms with E-state index in [1.54, 1.807) is 122 Å². The maximum absolute atomic E-state index is 15.8. The van der Waals surface area contributed by atoms with Crippen LogP contribution in [0.1, 0.15) is 93.2 Å². The van der Waals surface area contributed by atoms with Gasteiger partial charge in [-0.25, -0.2) is 31.3 Å². The fourth-order valence-electron chi connectivity index (χ4n) is 16.7. The molecular formula is C91H76Cl3F6N19O11. The maximum atomic E-state index is 15.8. The van der Waals surface area contributed by atoms with Crippen LogP contribution in [0, 0.1) is 17.5 Å². The zero-order valence-corrected chi connectivity index (χ0v) is 71.2. The van der Waals surface area contributed by atoms with Gasteiger partial charge < -0.3 is 57.9 Å². The number of para-hydroxylation sites is 3. The molecule has 3 saturated heterocycles. The minimum atomic E-state index is -1.49. The summed E-state index contributed by atoms with van der Waals surface area (Å²) in [4.78, 5) is 147. The van der Waals surface area contributed by atoms with Gasteiger partial charge >= 0.3 is 0 Å². The highest BCUT2D eigenvalue weighted by Gasteiger charge is 2.44. The second-order valence-electron chi connectivity index (χ2n) is 31.6. The first-order chi connectivity index (χ1) is 62.2. The van der Waals surface area contributed by atoms with Crippen LogP contribution in [0.5, 0.6) is 0 Å². The number of alkyl halides is 3. The van der Waals surface area contributed by atoms with Crippen molar-refractivity contribution in [3.05, 3.63) is 230 Å². The number of primary amides is 3. The van der Waals surface area contributed by atoms with E-state index < -0.39 is 113 Å². The van der Waals surface area contributed by atoms with E-state index in [-0.39, 0.29) is 142 Å². The molecule has 5 aliphatic heterocycles. The molecule has 5 aliphatic rings. The van der Waals surface area contributed by atoms with Crippen molar-refractivity contribution in [2.45, 2.75) is 115 Å². The van der Waals surface area contributed by atoms with Gasteiger partial charge in [-0.05, 0) is 67.4 Å². The second-order valence-corrected chi connectivity index (χ2v) is 32.8. The summed E-state index contributed by atoms with van der Waals surface area (Å²) in [7, 11) is 0. The number of imidazole rings is 1. The molecule has 0 unspecified atom stereocenters. The highest BCUT2D eigenvalue weighted by atomic mass is 35.5. The van der Waals surface area contributed by atoms with E-state index in [9.17, 15) is 66.2 Å². The highest BCUT2D eigenvalue weighted by molar-refractivity contribution is 6.38. The Morgan fingerprint density at radius 2 is 0.808 bits per heavy atom. The third-order valence-corrected chi connectivity index (χ3v) is 24.1. The molecule has 13 aromatic rings. The SMILES string of the molecule is CC(=O)c1nc2c(Cl)c(-c3cccc(NC(=O)[C@@H]4C[C@@H](F)CN4C(=O)Cn4nc(C(N)=O)c5ccccc54)c3F)ccc2[nH]1.CC1=Nc2c(ccc(-c3cccc(NC(=O)[C@@H]4C[C@@H](F)CN4C(=O)Cn4nc(C(N)=O)c5ccccc54)c3F)c2Cl)C1.C[C@H](O)C1=Nc2c(ccc(-c3cccc(NC(=O)[C@@H]4C[C@@H](F)CN4C(=O)Cn4nc(C(N)=O)c5ccccc54)c3F)c2Cl)C1. The Morgan fingerprint density at radius 1 is 0.462 bits per heavy atom. The number of anilines is 3. The van der Waals surface area contributed by atoms with Gasteiger partial charge in [-0.15, -0.1) is 0 Å². The van der Waals surface area contributed by atoms with E-state index in [2.05, 4.69) is 51.2 Å². The summed E-state index contributed by atoms with van der Waals surface area (Å²) >= 11 is 19.8. The summed E-state index contributed by atoms with van der Waals surface area (Å²) in [6, 6.07) is 39.9. The number of amides is 9. The molecule has 4 aromatic heterocycles. The van der Waals surface area contributed by atoms with E-state index in [1.807, 2.05) is 13.0 Å². The summed E-state index contributed by atoms with van der Waals surface area (Å²) in [6.07, 6.45) is -4.88. The number of likely N-dealkylation sites (tertiary alicyclic amines) is 3. The van der Waals surface area contributed by atoms with Gasteiger partial charge in [0.25, 0.3) is 17.7 Å². The Morgan fingerprint density at radius 3 is 1.17 bits per heavy atom. The molecule has 0 radical (unpaired) electrons. The van der Waals surface area contributed by atoms with Crippen LogP contribution in [0.4, 0.5) is 54.8 Å². The van der Waals surface area contributed by atoms with Crippen LogP contribution in [0.15, 0.2) is 174 Å². The molecule has 0 aliphatic carbocycles. The molecule has 39 heteroatoms. The first kappa shape index (κ1) is 88.9. The smallest absolute Gasteiger partial charge is 0.269 e. The van der Waals surface area contributed by atoms with Crippen LogP contribution in [0.3, 0.4) is 0 Å². The number of hydrogen-bond acceptors (Lipinski definition) is 17. The fourth-order valence-corrected chi connectivity index (χ4v) is 17.7. The number of nitrogens with one attached hydrogen (secondary N) is 4. The molecule has 30 nitrogen and oxygen atoms in total. The number of halogens is 9. The lowest BCUT2D eigenvalue weighted by Crippen LogP contribution is -2.44. The van der Waals surface area contributed by atoms with E-state index in [4.69, 9.17) is 52.0 Å². The molecule has 130 heavy (non-hydrogen) atoms. The van der Waals surface area contributed by atoms with Crippen LogP contribution in [-0.2, 0) is 61.2 Å². The van der Waals surface area contributed by atoms with Crippen molar-refractivity contribution in [1.29, 1.82) is 0 Å². The van der Waals surface area contributed by atoms with Crippen molar-refractivity contribution >= 4 is 177 Å². The number of aromatic amines is 1. The number of carbonyl (C=O) groups excluding carboxylic acids is 10. The van der Waals surface area contributed by atoms with E-state index in [0.717, 1.165) is 31.5 Å². The normalized spacial score (nSPS) is 17.5. The van der Waals surface area contributed by atoms with Crippen LogP contribution >= 0.6 is 34.8 Å². The lowest BCUT2D eigenvalue weighted by molar-refractivity contribution is -0.137. The zero-order valence-electron chi connectivity index (χ0n) is 68.9. The van der Waals surface area contributed by atoms with Gasteiger partial charge in [-0.2, -0.15) is 15.3 Å². The fraction of sp³-hybridized carbons (Fsp3) is 0.231. The molecule has 9 amide bonds. The number of nitrogens with zero attached hydrogens (tertiary/aromatic N) is 12. The maximum Gasteiger partial charge on any atom is 0.269 e. The predicted molar refractivity (Wildman–Crippen MR) is 475 cm³/mol. The van der Waals surface area contributed by atoms with Gasteiger partial charge in [-0.3, -0.25) is 72.0 Å². The van der Waals surface area contributed by atoms with Gasteiger partial charge in [0.1, 0.15) is 61.8 Å². The topological polar surface area (TPSA) is 422 Å². The van der Waals surface area contributed by atoms with E-state index >= 15 is 13.2 Å². The number of hydrogen-bond donors (Lipinski definition) is 8. The largest absolute Gasteiger partial charge is 0.387 e. The molecular weight excluding hydrogens is 1760 g/mol. The summed E-state index contributed by atoms with van der Waals surface area (Å²) in [5.74, 6) is -8.86. The van der Waals surface area contributed by atoms with Crippen LogP contribution in [-0.4, -0.2) is 192 Å². The molecule has 0 bridgehead atoms. The number of nitrogens with two attached hydrogens (primary N) is 3. The average Bonchev–Trinajstić information content (AvgIpc) is 1.54. The number of benzene rings is 9. The standard InChI is InChI=1S/C31H27ClF2N6O4.C30H24ClF2N7O4.C30H25ClF2N6O3/c1-15(41)22-11-16-9-10-18(26(32)28(16)36-22)19-6-4-7-21(27(19)34)37-31(44)24-12-17(33)13-39(24)25(42)14-40-23-8-3-2-5-20(23)29(38-40)30(35)43;1-14(41)29-35-20-10-9-16(24(31)27(20)37-29)17-6-4-7-19(25(17)33)36-30(44)22-11-15(32)12-39(22)23(42)13-40-21-8-3-2-5-18(21)26(38-40)28(34)43;1-15-11-16-9-10-18(25(31)27(16)35-15)19-6-4-7-21(26(19)33)36-30(42)23-12-17(32)13-38(23)24(40)14-39-22-8-3-2-5-20(22)28(37-39)29(34)41/h2-10,15,17,24,41H,11-14H2,1H3,(H2,35,43)(H,37,44);2-10,15,22H,11-13H2,1H3,(H2,34,43)(H,35,37)(H,36,44);2-10,17,23H,11-14H2,1H3,(H2,34,41)(H,36,42)/t15-,17+,24-;15-,22+;17-,23+/m011/s1. The average molecular weight is 1830 g/mol. The Balaban J connectivity index is 0.000000143. The Bertz CT molecular complexity index is 7000. The molecule has 0 saturated carbocycles. The molecule has 9 heterocycles. The molecule has 11 N–H and O–H groups in total. The molecule has 3 fully saturated rings. The van der Waals surface area contributed by atoms with Gasteiger partial charge in [0.2, 0.25) is 35.4 Å².